The molecule has 0 unspecified atom stereocenters. The lowest BCUT2D eigenvalue weighted by Crippen LogP contribution is -2.10. The van der Waals surface area contributed by atoms with Crippen LogP contribution in [0.1, 0.15) is 9.67 Å². The van der Waals surface area contributed by atoms with Gasteiger partial charge in [0.25, 0.3) is 5.78 Å². The van der Waals surface area contributed by atoms with Crippen LogP contribution in [0.3, 0.4) is 0 Å². The van der Waals surface area contributed by atoms with Crippen molar-refractivity contribution in [2.24, 2.45) is 0 Å². The van der Waals surface area contributed by atoms with E-state index in [1.807, 2.05) is 0 Å². The Labute approximate surface area is 85.1 Å². The van der Waals surface area contributed by atoms with E-state index in [9.17, 15) is 9.59 Å². The third-order valence-corrected chi connectivity index (χ3v) is 3.54. The zero-order chi connectivity index (χ0) is 9.30. The third kappa shape index (κ3) is 1.85. The maximum atomic E-state index is 10.8. The van der Waals surface area contributed by atoms with Crippen molar-refractivity contribution in [1.29, 1.82) is 0 Å². The van der Waals surface area contributed by atoms with Crippen molar-refractivity contribution in [3.63, 3.8) is 0 Å². The monoisotopic (exact) mass is 268 g/mol. The number of Topliss-reactive ketones (excluding diaryl/α,β-unsaturated/α-hetero) is 1. The molecule has 0 bridgehead atoms. The Kier molecular flexibility index (Phi) is 2.87. The smallest absolute Gasteiger partial charge is 0.378 e. The molecule has 0 atom stereocenters. The number of carboxylic acids is 1. The van der Waals surface area contributed by atoms with E-state index in [1.54, 1.807) is 0 Å². The minimum Gasteiger partial charge on any atom is -0.475 e. The number of thiophene rings is 1. The molecule has 0 amide bonds. The summed E-state index contributed by atoms with van der Waals surface area (Å²) in [7, 11) is 0. The van der Waals surface area contributed by atoms with E-state index < -0.39 is 11.8 Å². The normalized spacial score (nSPS) is 9.83. The van der Waals surface area contributed by atoms with Gasteiger partial charge in [0, 0.05) is 0 Å². The highest BCUT2D eigenvalue weighted by molar-refractivity contribution is 9.11. The topological polar surface area (TPSA) is 54.4 Å². The molecule has 0 spiro atoms. The predicted octanol–water partition coefficient (Wildman–Crippen LogP) is 2.43. The summed E-state index contributed by atoms with van der Waals surface area (Å²) in [4.78, 5) is 21.2. The van der Waals surface area contributed by atoms with Crippen LogP contribution in [0.4, 0.5) is 0 Å². The van der Waals surface area contributed by atoms with Crippen LogP contribution in [-0.4, -0.2) is 16.9 Å². The molecule has 1 heterocycles. The van der Waals surface area contributed by atoms with Gasteiger partial charge in [0.15, 0.2) is 0 Å². The molecule has 6 heteroatoms. The summed E-state index contributed by atoms with van der Waals surface area (Å²) >= 11 is 9.68. The first kappa shape index (κ1) is 9.70. The number of halogens is 2. The van der Waals surface area contributed by atoms with Gasteiger partial charge in [0.2, 0.25) is 0 Å². The van der Waals surface area contributed by atoms with Crippen LogP contribution in [0.15, 0.2) is 9.85 Å². The Morgan fingerprint density at radius 1 is 1.58 bits per heavy atom. The molecule has 0 radical (unpaired) electrons. The van der Waals surface area contributed by atoms with Gasteiger partial charge in [-0.05, 0) is 22.0 Å². The highest BCUT2D eigenvalue weighted by Crippen LogP contribution is 2.32. The van der Waals surface area contributed by atoms with Crippen molar-refractivity contribution in [2.45, 2.75) is 0 Å². The second-order valence-corrected chi connectivity index (χ2v) is 4.64. The van der Waals surface area contributed by atoms with E-state index >= 15 is 0 Å². The summed E-state index contributed by atoms with van der Waals surface area (Å²) in [6, 6.07) is 1.33. The van der Waals surface area contributed by atoms with Gasteiger partial charge >= 0.3 is 5.97 Å². The van der Waals surface area contributed by atoms with E-state index in [0.29, 0.717) is 8.81 Å². The lowest BCUT2D eigenvalue weighted by Gasteiger charge is -1.85. The summed E-state index contributed by atoms with van der Waals surface area (Å²) < 4.78 is 0.564. The highest BCUT2D eigenvalue weighted by atomic mass is 79.9. The summed E-state index contributed by atoms with van der Waals surface area (Å²) in [5.41, 5.74) is 0. The lowest BCUT2D eigenvalue weighted by molar-refractivity contribution is -0.131. The fraction of sp³-hybridized carbons (Fsp3) is 0. The predicted molar refractivity (Wildman–Crippen MR) is 49.0 cm³/mol. The molecular formula is C6H2BrClO3S. The molecule has 64 valence electrons. The molecule has 1 aromatic rings. The van der Waals surface area contributed by atoms with Crippen LogP contribution >= 0.6 is 38.9 Å². The van der Waals surface area contributed by atoms with Gasteiger partial charge in [-0.1, -0.05) is 11.6 Å². The van der Waals surface area contributed by atoms with Crippen molar-refractivity contribution >= 4 is 50.6 Å². The molecule has 1 rings (SSSR count). The maximum absolute atomic E-state index is 10.8. The molecular weight excluding hydrogens is 267 g/mol. The molecule has 1 aromatic heterocycles. The van der Waals surface area contributed by atoms with Gasteiger partial charge < -0.3 is 5.11 Å². The number of carbonyl (C=O) groups is 2. The molecule has 0 fully saturated rings. The summed E-state index contributed by atoms with van der Waals surface area (Å²) in [5.74, 6) is -2.41. The van der Waals surface area contributed by atoms with Crippen molar-refractivity contribution < 1.29 is 14.7 Å². The molecule has 0 aliphatic rings. The first-order valence-electron chi connectivity index (χ1n) is 2.75. The van der Waals surface area contributed by atoms with Crippen molar-refractivity contribution in [3.8, 4) is 0 Å². The van der Waals surface area contributed by atoms with E-state index in [4.69, 9.17) is 16.7 Å². The Hall–Kier alpha value is -0.390. The Balaban J connectivity index is 3.05. The minimum atomic E-state index is -1.47. The average Bonchev–Trinajstić information content (AvgIpc) is 2.30. The zero-order valence-electron chi connectivity index (χ0n) is 5.51. The quantitative estimate of drug-likeness (QED) is 0.663. The minimum absolute atomic E-state index is 0.124. The van der Waals surface area contributed by atoms with Crippen LogP contribution in [0.5, 0.6) is 0 Å². The van der Waals surface area contributed by atoms with Gasteiger partial charge in [-0.2, -0.15) is 0 Å². The molecule has 1 N–H and O–H groups in total. The van der Waals surface area contributed by atoms with Crippen molar-refractivity contribution in [1.82, 2.24) is 0 Å². The number of carboxylic acid groups (broad SMARTS) is 1. The van der Waals surface area contributed by atoms with Crippen LogP contribution in [0.2, 0.25) is 5.02 Å². The largest absolute Gasteiger partial charge is 0.475 e. The molecule has 0 aromatic carbocycles. The molecule has 12 heavy (non-hydrogen) atoms. The van der Waals surface area contributed by atoms with Crippen LogP contribution in [-0.2, 0) is 4.79 Å². The number of ketones is 1. The second kappa shape index (κ2) is 3.55. The highest BCUT2D eigenvalue weighted by Gasteiger charge is 2.18. The van der Waals surface area contributed by atoms with Gasteiger partial charge in [-0.15, -0.1) is 11.3 Å². The Morgan fingerprint density at radius 3 is 2.50 bits per heavy atom. The van der Waals surface area contributed by atoms with Gasteiger partial charge in [0.1, 0.15) is 0 Å². The van der Waals surface area contributed by atoms with Crippen molar-refractivity contribution in [2.75, 3.05) is 0 Å². The lowest BCUT2D eigenvalue weighted by atomic mass is 10.3. The molecule has 0 saturated heterocycles. The van der Waals surface area contributed by atoms with E-state index in [1.165, 1.54) is 6.07 Å². The first-order valence-corrected chi connectivity index (χ1v) is 4.73. The summed E-state index contributed by atoms with van der Waals surface area (Å²) in [5, 5.41) is 8.69. The number of hydrogen-bond acceptors (Lipinski definition) is 3. The third-order valence-electron chi connectivity index (χ3n) is 1.06. The number of carbonyl (C=O) groups excluding carboxylic acids is 1. The number of rotatable bonds is 2. The van der Waals surface area contributed by atoms with Crippen LogP contribution < -0.4 is 0 Å². The fourth-order valence-corrected chi connectivity index (χ4v) is 2.20. The zero-order valence-corrected chi connectivity index (χ0v) is 8.66. The van der Waals surface area contributed by atoms with Gasteiger partial charge in [0.05, 0.1) is 13.7 Å². The SMILES string of the molecule is O=C(O)C(=O)c1cc(Cl)c(Br)s1. The molecule has 0 saturated carbocycles. The number of aliphatic carboxylic acids is 1. The maximum Gasteiger partial charge on any atom is 0.378 e. The Bertz CT molecular complexity index is 327. The van der Waals surface area contributed by atoms with E-state index in [2.05, 4.69) is 15.9 Å². The van der Waals surface area contributed by atoms with Crippen LogP contribution in [0.25, 0.3) is 0 Å². The van der Waals surface area contributed by atoms with Crippen LogP contribution in [0, 0.1) is 0 Å². The molecule has 3 nitrogen and oxygen atoms in total. The number of hydrogen-bond donors (Lipinski definition) is 1. The fourth-order valence-electron chi connectivity index (χ4n) is 0.564. The molecule has 0 aliphatic heterocycles. The summed E-state index contributed by atoms with van der Waals surface area (Å²) in [6.07, 6.45) is 0. The molecule has 0 aliphatic carbocycles. The van der Waals surface area contributed by atoms with E-state index in [0.717, 1.165) is 11.3 Å². The second-order valence-electron chi connectivity index (χ2n) is 1.87. The van der Waals surface area contributed by atoms with E-state index in [-0.39, 0.29) is 4.88 Å². The Morgan fingerprint density at radius 2 is 2.17 bits per heavy atom. The van der Waals surface area contributed by atoms with Crippen molar-refractivity contribution in [3.05, 3.63) is 19.8 Å². The van der Waals surface area contributed by atoms with Gasteiger partial charge in [-0.3, -0.25) is 4.79 Å². The summed E-state index contributed by atoms with van der Waals surface area (Å²) in [6.45, 7) is 0. The van der Waals surface area contributed by atoms with Gasteiger partial charge in [-0.25, -0.2) is 4.79 Å². The standard InChI is InChI=1S/C6H2BrClO3S/c7-5-2(8)1-3(12-5)4(9)6(10)11/h1H,(H,10,11). The average molecular weight is 270 g/mol. The first-order chi connectivity index (χ1) is 5.52.